The van der Waals surface area contributed by atoms with Crippen LogP contribution in [0.5, 0.6) is 0 Å². The van der Waals surface area contributed by atoms with Crippen LogP contribution < -0.4 is 5.32 Å². The van der Waals surface area contributed by atoms with Gasteiger partial charge in [0.05, 0.1) is 6.04 Å². The maximum Gasteiger partial charge on any atom is 0.134 e. The Morgan fingerprint density at radius 3 is 2.67 bits per heavy atom. The highest BCUT2D eigenvalue weighted by Crippen LogP contribution is 2.30. The van der Waals surface area contributed by atoms with Gasteiger partial charge < -0.3 is 14.5 Å². The van der Waals surface area contributed by atoms with Crippen LogP contribution in [-0.4, -0.2) is 20.3 Å². The van der Waals surface area contributed by atoms with E-state index >= 15 is 0 Å². The topological polar surface area (TPSA) is 34.4 Å². The first kappa shape index (κ1) is 16.1. The number of nitrogens with one attached hydrogen (secondary N) is 1. The van der Waals surface area contributed by atoms with E-state index in [9.17, 15) is 0 Å². The molecule has 0 aliphatic rings. The van der Waals surface area contributed by atoms with Crippen LogP contribution in [0.25, 0.3) is 11.0 Å². The maximum absolute atomic E-state index is 6.02. The van der Waals surface area contributed by atoms with Gasteiger partial charge in [-0.1, -0.05) is 32.0 Å². The van der Waals surface area contributed by atoms with Gasteiger partial charge in [-0.15, -0.1) is 0 Å². The Hall–Kier alpha value is -1.32. The van der Waals surface area contributed by atoms with Crippen LogP contribution in [-0.2, 0) is 4.74 Å². The average molecular weight is 289 g/mol. The van der Waals surface area contributed by atoms with Crippen molar-refractivity contribution in [1.82, 2.24) is 5.32 Å². The summed E-state index contributed by atoms with van der Waals surface area (Å²) < 4.78 is 11.2. The third-order valence-electron chi connectivity index (χ3n) is 4.14. The van der Waals surface area contributed by atoms with Crippen LogP contribution >= 0.6 is 0 Å². The van der Waals surface area contributed by atoms with Gasteiger partial charge in [0, 0.05) is 25.6 Å². The number of benzene rings is 1. The number of furan rings is 1. The zero-order valence-electron chi connectivity index (χ0n) is 13.8. The lowest BCUT2D eigenvalue weighted by Gasteiger charge is -2.26. The van der Waals surface area contributed by atoms with Crippen LogP contribution in [0.4, 0.5) is 0 Å². The van der Waals surface area contributed by atoms with Gasteiger partial charge in [0.2, 0.25) is 0 Å². The van der Waals surface area contributed by atoms with E-state index in [0.717, 1.165) is 30.9 Å². The molecule has 0 radical (unpaired) electrons. The molecular weight excluding hydrogens is 262 g/mol. The maximum atomic E-state index is 6.02. The molecule has 1 N–H and O–H groups in total. The number of para-hydroxylation sites is 1. The number of hydrogen-bond acceptors (Lipinski definition) is 3. The van der Waals surface area contributed by atoms with E-state index in [1.54, 1.807) is 7.11 Å². The van der Waals surface area contributed by atoms with Crippen molar-refractivity contribution >= 4 is 11.0 Å². The fourth-order valence-corrected chi connectivity index (χ4v) is 2.60. The van der Waals surface area contributed by atoms with Crippen LogP contribution in [0.1, 0.15) is 44.6 Å². The average Bonchev–Trinajstić information content (AvgIpc) is 2.81. The van der Waals surface area contributed by atoms with Crippen LogP contribution in [0.15, 0.2) is 28.7 Å². The Morgan fingerprint density at radius 2 is 2.00 bits per heavy atom. The van der Waals surface area contributed by atoms with Crippen LogP contribution in [0.3, 0.4) is 0 Å². The minimum absolute atomic E-state index is 0.208. The fourth-order valence-electron chi connectivity index (χ4n) is 2.60. The van der Waals surface area contributed by atoms with E-state index in [4.69, 9.17) is 9.15 Å². The van der Waals surface area contributed by atoms with Crippen LogP contribution in [0.2, 0.25) is 0 Å². The summed E-state index contributed by atoms with van der Waals surface area (Å²) in [5, 5.41) is 4.81. The van der Waals surface area contributed by atoms with E-state index in [-0.39, 0.29) is 11.5 Å². The van der Waals surface area contributed by atoms with Crippen molar-refractivity contribution < 1.29 is 9.15 Å². The van der Waals surface area contributed by atoms with Crippen LogP contribution in [0, 0.1) is 12.3 Å². The van der Waals surface area contributed by atoms with Crippen molar-refractivity contribution in [3.8, 4) is 0 Å². The summed E-state index contributed by atoms with van der Waals surface area (Å²) in [5.74, 6) is 1.04. The summed E-state index contributed by atoms with van der Waals surface area (Å²) in [6.07, 6.45) is 1.04. The number of ether oxygens (including phenoxy) is 1. The quantitative estimate of drug-likeness (QED) is 0.817. The Labute approximate surface area is 127 Å². The second-order valence-corrected chi connectivity index (χ2v) is 6.60. The number of aryl methyl sites for hydroxylation is 1. The SMILES string of the molecule is COCCC(C)(C)CNC(C)c1oc2ccccc2c1C. The molecule has 21 heavy (non-hydrogen) atoms. The lowest BCUT2D eigenvalue weighted by Crippen LogP contribution is -2.32. The predicted molar refractivity (Wildman–Crippen MR) is 87.6 cm³/mol. The smallest absolute Gasteiger partial charge is 0.134 e. The molecular formula is C18H27NO2. The normalized spacial score (nSPS) is 13.8. The molecule has 2 rings (SSSR count). The lowest BCUT2D eigenvalue weighted by atomic mass is 9.89. The molecule has 0 amide bonds. The molecule has 1 heterocycles. The van der Waals surface area contributed by atoms with Gasteiger partial charge in [-0.05, 0) is 37.3 Å². The third kappa shape index (κ3) is 3.86. The molecule has 1 unspecified atom stereocenters. The highest BCUT2D eigenvalue weighted by Gasteiger charge is 2.21. The minimum atomic E-state index is 0.208. The molecule has 0 aliphatic heterocycles. The molecule has 1 atom stereocenters. The van der Waals surface area contributed by atoms with Crippen molar-refractivity contribution in [1.29, 1.82) is 0 Å². The number of rotatable bonds is 7. The van der Waals surface area contributed by atoms with Gasteiger partial charge in [-0.3, -0.25) is 0 Å². The second kappa shape index (κ2) is 6.63. The van der Waals surface area contributed by atoms with Crippen molar-refractivity contribution in [2.24, 2.45) is 5.41 Å². The molecule has 0 bridgehead atoms. The van der Waals surface area contributed by atoms with E-state index in [0.29, 0.717) is 0 Å². The highest BCUT2D eigenvalue weighted by atomic mass is 16.5. The molecule has 116 valence electrons. The molecule has 0 spiro atoms. The van der Waals surface area contributed by atoms with Gasteiger partial charge in [-0.25, -0.2) is 0 Å². The Kier molecular flexibility index (Phi) is 5.07. The van der Waals surface area contributed by atoms with E-state index in [1.165, 1.54) is 10.9 Å². The summed E-state index contributed by atoms with van der Waals surface area (Å²) in [6.45, 7) is 10.6. The monoisotopic (exact) mass is 289 g/mol. The largest absolute Gasteiger partial charge is 0.459 e. The Bertz CT molecular complexity index is 586. The Morgan fingerprint density at radius 1 is 1.29 bits per heavy atom. The van der Waals surface area contributed by atoms with Gasteiger partial charge in [0.15, 0.2) is 0 Å². The first-order chi connectivity index (χ1) is 9.94. The molecule has 0 saturated carbocycles. The molecule has 3 heteroatoms. The first-order valence-electron chi connectivity index (χ1n) is 7.65. The summed E-state index contributed by atoms with van der Waals surface area (Å²) in [6, 6.07) is 8.43. The predicted octanol–water partition coefficient (Wildman–Crippen LogP) is 4.45. The Balaban J connectivity index is 2.05. The molecule has 1 aromatic heterocycles. The summed E-state index contributed by atoms with van der Waals surface area (Å²) in [4.78, 5) is 0. The van der Waals surface area contributed by atoms with Crippen molar-refractivity contribution in [2.75, 3.05) is 20.3 Å². The van der Waals surface area contributed by atoms with Crippen molar-refractivity contribution in [3.63, 3.8) is 0 Å². The summed E-state index contributed by atoms with van der Waals surface area (Å²) in [7, 11) is 1.75. The zero-order valence-corrected chi connectivity index (χ0v) is 13.8. The van der Waals surface area contributed by atoms with Gasteiger partial charge in [-0.2, -0.15) is 0 Å². The first-order valence-corrected chi connectivity index (χ1v) is 7.65. The molecule has 0 aliphatic carbocycles. The fraction of sp³-hybridized carbons (Fsp3) is 0.556. The summed E-state index contributed by atoms with van der Waals surface area (Å²) in [5.41, 5.74) is 2.42. The molecule has 3 nitrogen and oxygen atoms in total. The van der Waals surface area contributed by atoms with E-state index < -0.39 is 0 Å². The van der Waals surface area contributed by atoms with Crippen molar-refractivity contribution in [3.05, 3.63) is 35.6 Å². The number of fused-ring (bicyclic) bond motifs is 1. The van der Waals surface area contributed by atoms with Crippen molar-refractivity contribution in [2.45, 2.75) is 40.2 Å². The molecule has 0 saturated heterocycles. The van der Waals surface area contributed by atoms with Gasteiger partial charge in [0.1, 0.15) is 11.3 Å². The van der Waals surface area contributed by atoms with Gasteiger partial charge in [0.25, 0.3) is 0 Å². The lowest BCUT2D eigenvalue weighted by molar-refractivity contribution is 0.148. The summed E-state index contributed by atoms with van der Waals surface area (Å²) >= 11 is 0. The third-order valence-corrected chi connectivity index (χ3v) is 4.14. The second-order valence-electron chi connectivity index (χ2n) is 6.60. The number of methoxy groups -OCH3 is 1. The highest BCUT2D eigenvalue weighted by molar-refractivity contribution is 5.82. The zero-order chi connectivity index (χ0) is 15.5. The molecule has 1 aromatic carbocycles. The standard InChI is InChI=1S/C18H27NO2/c1-13-15-8-6-7-9-16(15)21-17(13)14(2)19-12-18(3,4)10-11-20-5/h6-9,14,19H,10-12H2,1-5H3. The molecule has 2 aromatic rings. The van der Waals surface area contributed by atoms with E-state index in [1.807, 2.05) is 12.1 Å². The minimum Gasteiger partial charge on any atom is -0.459 e. The molecule has 0 fully saturated rings. The van der Waals surface area contributed by atoms with Gasteiger partial charge >= 0.3 is 0 Å². The number of hydrogen-bond donors (Lipinski definition) is 1. The van der Waals surface area contributed by atoms with E-state index in [2.05, 4.69) is 45.1 Å².